The van der Waals surface area contributed by atoms with Crippen LogP contribution in [0.2, 0.25) is 0 Å². The van der Waals surface area contributed by atoms with Gasteiger partial charge in [0.05, 0.1) is 17.8 Å². The average molecular weight is 473 g/mol. The van der Waals surface area contributed by atoms with Crippen molar-refractivity contribution in [2.45, 2.75) is 32.9 Å². The van der Waals surface area contributed by atoms with Gasteiger partial charge in [-0.1, -0.05) is 18.2 Å². The number of ether oxygens (including phenoxy) is 1. The summed E-state index contributed by atoms with van der Waals surface area (Å²) < 4.78 is 7.83. The molecule has 3 rings (SSSR count). The van der Waals surface area contributed by atoms with Crippen molar-refractivity contribution >= 4 is 38.9 Å². The molecule has 0 aliphatic rings. The zero-order valence-electron chi connectivity index (χ0n) is 16.7. The van der Waals surface area contributed by atoms with Crippen molar-refractivity contribution in [2.75, 3.05) is 0 Å². The quantitative estimate of drug-likeness (QED) is 0.560. The van der Waals surface area contributed by atoms with E-state index in [1.807, 2.05) is 24.3 Å². The Morgan fingerprint density at radius 2 is 1.97 bits per heavy atom. The fourth-order valence-corrected chi connectivity index (χ4v) is 3.08. The van der Waals surface area contributed by atoms with Crippen LogP contribution in [0.25, 0.3) is 10.9 Å². The van der Waals surface area contributed by atoms with Gasteiger partial charge in [0.2, 0.25) is 0 Å². The summed E-state index contributed by atoms with van der Waals surface area (Å²) in [6, 6.07) is 11.0. The van der Waals surface area contributed by atoms with E-state index in [2.05, 4.69) is 31.4 Å². The topological polar surface area (TPSA) is 106 Å². The predicted octanol–water partition coefficient (Wildman–Crippen LogP) is 3.89. The highest BCUT2D eigenvalue weighted by atomic mass is 79.9. The molecule has 0 aliphatic heterocycles. The first-order valence-electron chi connectivity index (χ1n) is 9.13. The first kappa shape index (κ1) is 21.5. The lowest BCUT2D eigenvalue weighted by Crippen LogP contribution is -2.32. The van der Waals surface area contributed by atoms with E-state index in [0.29, 0.717) is 11.9 Å². The molecule has 0 saturated carbocycles. The Morgan fingerprint density at radius 3 is 2.60 bits per heavy atom. The summed E-state index contributed by atoms with van der Waals surface area (Å²) in [5.41, 5.74) is 3.05. The highest BCUT2D eigenvalue weighted by molar-refractivity contribution is 9.10. The molecular formula is C21H21BrN4O4. The molecule has 2 heterocycles. The van der Waals surface area contributed by atoms with E-state index in [0.717, 1.165) is 15.7 Å². The van der Waals surface area contributed by atoms with Crippen molar-refractivity contribution in [2.24, 2.45) is 5.10 Å². The molecule has 2 N–H and O–H groups in total. The molecule has 0 fully saturated rings. The Bertz CT molecular complexity index is 1160. The molecule has 0 saturated heterocycles. The fraction of sp³-hybridized carbons (Fsp3) is 0.238. The van der Waals surface area contributed by atoms with Gasteiger partial charge in [0, 0.05) is 22.3 Å². The third-order valence-electron chi connectivity index (χ3n) is 4.02. The lowest BCUT2D eigenvalue weighted by atomic mass is 10.1. The zero-order chi connectivity index (χ0) is 21.9. The van der Waals surface area contributed by atoms with E-state index in [1.165, 1.54) is 6.20 Å². The molecule has 0 spiro atoms. The molecule has 30 heavy (non-hydrogen) atoms. The number of nitrogens with one attached hydrogen (secondary N) is 1. The van der Waals surface area contributed by atoms with E-state index in [1.54, 1.807) is 43.7 Å². The first-order chi connectivity index (χ1) is 14.1. The van der Waals surface area contributed by atoms with Crippen molar-refractivity contribution in [1.29, 1.82) is 0 Å². The van der Waals surface area contributed by atoms with Crippen LogP contribution in [0.15, 0.2) is 58.4 Å². The van der Waals surface area contributed by atoms with Crippen molar-refractivity contribution in [1.82, 2.24) is 15.0 Å². The van der Waals surface area contributed by atoms with Crippen LogP contribution in [0, 0.1) is 0 Å². The Hall–Kier alpha value is -3.20. The number of fused-ring (bicyclic) bond motifs is 1. The summed E-state index contributed by atoms with van der Waals surface area (Å²) in [6.45, 7) is 5.55. The molecule has 2 aromatic heterocycles. The van der Waals surface area contributed by atoms with Gasteiger partial charge in [0.1, 0.15) is 16.5 Å². The second-order valence-electron chi connectivity index (χ2n) is 7.53. The number of carboxylic acid groups (broad SMARTS) is 1. The van der Waals surface area contributed by atoms with E-state index in [-0.39, 0.29) is 10.9 Å². The second kappa shape index (κ2) is 8.66. The van der Waals surface area contributed by atoms with Gasteiger partial charge in [-0.2, -0.15) is 5.10 Å². The molecule has 1 aromatic carbocycles. The standard InChI is InChI=1S/C21H21BrN4O4/c1-21(2,3)30-20(29)25-24-18-15-6-4-5-7-17(15)26(12-16(18)19(27)28)11-14-9-8-13(22)10-23-14/h4-10,12H,11H2,1-3H3,(H,25,29)(H,27,28). The van der Waals surface area contributed by atoms with Gasteiger partial charge in [-0.25, -0.2) is 15.0 Å². The number of rotatable bonds is 4. The third-order valence-corrected chi connectivity index (χ3v) is 4.49. The minimum absolute atomic E-state index is 0.0538. The minimum Gasteiger partial charge on any atom is -0.478 e. The largest absolute Gasteiger partial charge is 0.478 e. The highest BCUT2D eigenvalue weighted by Gasteiger charge is 2.17. The number of halogens is 1. The molecule has 9 heteroatoms. The summed E-state index contributed by atoms with van der Waals surface area (Å²) in [5.74, 6) is -1.16. The maximum Gasteiger partial charge on any atom is 0.428 e. The summed E-state index contributed by atoms with van der Waals surface area (Å²) in [7, 11) is 0. The van der Waals surface area contributed by atoms with Crippen molar-refractivity contribution in [3.8, 4) is 0 Å². The maximum atomic E-state index is 12.0. The van der Waals surface area contributed by atoms with Gasteiger partial charge in [-0.3, -0.25) is 4.98 Å². The second-order valence-corrected chi connectivity index (χ2v) is 8.45. The number of para-hydroxylation sites is 1. The van der Waals surface area contributed by atoms with Gasteiger partial charge in [0.25, 0.3) is 0 Å². The van der Waals surface area contributed by atoms with Crippen LogP contribution in [0.1, 0.15) is 36.8 Å². The van der Waals surface area contributed by atoms with Gasteiger partial charge in [0.15, 0.2) is 0 Å². The van der Waals surface area contributed by atoms with Crippen LogP contribution >= 0.6 is 15.9 Å². The van der Waals surface area contributed by atoms with E-state index < -0.39 is 17.7 Å². The number of hydrogen-bond donors (Lipinski definition) is 2. The number of hydrogen-bond acceptors (Lipinski definition) is 5. The maximum absolute atomic E-state index is 12.0. The van der Waals surface area contributed by atoms with Crippen molar-refractivity contribution in [3.63, 3.8) is 0 Å². The Morgan fingerprint density at radius 1 is 1.23 bits per heavy atom. The molecule has 0 unspecified atom stereocenters. The molecular weight excluding hydrogens is 452 g/mol. The van der Waals surface area contributed by atoms with Crippen LogP contribution in [0.3, 0.4) is 0 Å². The Labute approximate surface area is 181 Å². The van der Waals surface area contributed by atoms with E-state index >= 15 is 0 Å². The fourth-order valence-electron chi connectivity index (χ4n) is 2.84. The van der Waals surface area contributed by atoms with E-state index in [4.69, 9.17) is 4.74 Å². The summed E-state index contributed by atoms with van der Waals surface area (Å²) in [4.78, 5) is 28.3. The molecule has 0 bridgehead atoms. The number of amides is 1. The number of benzene rings is 1. The van der Waals surface area contributed by atoms with Crippen molar-refractivity contribution in [3.05, 3.63) is 69.9 Å². The lowest BCUT2D eigenvalue weighted by Gasteiger charge is -2.18. The molecule has 0 radical (unpaired) electrons. The monoisotopic (exact) mass is 472 g/mol. The SMILES string of the molecule is CC(C)(C)OC(=O)NN=c1c(C(=O)O)cn(Cc2ccc(Br)cn2)c2ccccc12. The average Bonchev–Trinajstić information content (AvgIpc) is 2.67. The first-order valence-corrected chi connectivity index (χ1v) is 9.92. The zero-order valence-corrected chi connectivity index (χ0v) is 18.3. The van der Waals surface area contributed by atoms with Crippen LogP contribution < -0.4 is 10.8 Å². The molecule has 1 amide bonds. The number of nitrogens with zero attached hydrogens (tertiary/aromatic N) is 3. The number of carboxylic acids is 1. The van der Waals surface area contributed by atoms with Gasteiger partial charge < -0.3 is 14.4 Å². The smallest absolute Gasteiger partial charge is 0.428 e. The highest BCUT2D eigenvalue weighted by Crippen LogP contribution is 2.15. The Kier molecular flexibility index (Phi) is 6.21. The summed E-state index contributed by atoms with van der Waals surface area (Å²) in [5, 5.41) is 14.5. The summed E-state index contributed by atoms with van der Waals surface area (Å²) in [6.07, 6.45) is 2.41. The summed E-state index contributed by atoms with van der Waals surface area (Å²) >= 11 is 3.35. The molecule has 3 aromatic rings. The van der Waals surface area contributed by atoms with Crippen molar-refractivity contribution < 1.29 is 19.4 Å². The molecule has 0 aliphatic carbocycles. The number of carbonyl (C=O) groups excluding carboxylic acids is 1. The van der Waals surface area contributed by atoms with Gasteiger partial charge >= 0.3 is 12.1 Å². The normalized spacial score (nSPS) is 12.1. The predicted molar refractivity (Wildman–Crippen MR) is 115 cm³/mol. The Balaban J connectivity index is 2.11. The van der Waals surface area contributed by atoms with Crippen LogP contribution in [0.4, 0.5) is 4.79 Å². The number of pyridine rings is 2. The lowest BCUT2D eigenvalue weighted by molar-refractivity contribution is 0.0524. The molecule has 8 nitrogen and oxygen atoms in total. The molecule has 156 valence electrons. The number of aromatic nitrogens is 2. The van der Waals surface area contributed by atoms with Gasteiger partial charge in [-0.05, 0) is 54.9 Å². The van der Waals surface area contributed by atoms with Crippen LogP contribution in [-0.2, 0) is 11.3 Å². The minimum atomic E-state index is -1.16. The van der Waals surface area contributed by atoms with Crippen LogP contribution in [0.5, 0.6) is 0 Å². The van der Waals surface area contributed by atoms with Crippen LogP contribution in [-0.4, -0.2) is 32.3 Å². The number of aromatic carboxylic acids is 1. The third kappa shape index (κ3) is 5.24. The molecule has 0 atom stereocenters. The van der Waals surface area contributed by atoms with Gasteiger partial charge in [-0.15, -0.1) is 0 Å². The number of carbonyl (C=O) groups is 2. The van der Waals surface area contributed by atoms with E-state index in [9.17, 15) is 14.7 Å².